The molecule has 4 atom stereocenters. The first-order valence-corrected chi connectivity index (χ1v) is 34.8. The van der Waals surface area contributed by atoms with Crippen LogP contribution in [0.1, 0.15) is 72.2 Å². The summed E-state index contributed by atoms with van der Waals surface area (Å²) in [5.74, 6) is 0. The Bertz CT molecular complexity index is 4340. The molecule has 4 nitrogen and oxygen atoms in total. The predicted octanol–water partition coefficient (Wildman–Crippen LogP) is 23.4. The molecule has 4 aliphatic rings. The maximum atomic E-state index is 9.87. The molecule has 0 amide bonds. The number of rotatable bonds is 12. The van der Waals surface area contributed by atoms with Crippen LogP contribution in [0.4, 0.5) is 73.1 Å². The zero-order valence-electron chi connectivity index (χ0n) is 53.1. The molecule has 490 valence electrons. The van der Waals surface area contributed by atoms with Crippen LogP contribution in [-0.2, 0) is 47.3 Å². The molecule has 18 heteroatoms. The van der Waals surface area contributed by atoms with Crippen LogP contribution < -0.4 is 9.80 Å². The van der Waals surface area contributed by atoms with Crippen molar-refractivity contribution in [3.63, 3.8) is 0 Å². The van der Waals surface area contributed by atoms with Gasteiger partial charge in [0.15, 0.2) is 11.4 Å². The topological polar surface area (TPSA) is 12.5 Å². The van der Waals surface area contributed by atoms with Gasteiger partial charge < -0.3 is 9.80 Å². The van der Waals surface area contributed by atoms with E-state index in [-0.39, 0.29) is 21.7 Å². The van der Waals surface area contributed by atoms with E-state index in [1.54, 1.807) is 0 Å². The van der Waals surface area contributed by atoms with Gasteiger partial charge in [-0.15, -0.1) is 0 Å². The number of fused-ring (bicyclic) bond motifs is 8. The van der Waals surface area contributed by atoms with Crippen molar-refractivity contribution < 1.29 is 59.5 Å². The molecule has 4 aliphatic heterocycles. The second kappa shape index (κ2) is 22.5. The number of allylic oxidation sites excluding steroid dienone is 8. The van der Waals surface area contributed by atoms with Crippen LogP contribution in [0.15, 0.2) is 254 Å². The molecule has 4 heterocycles. The maximum absolute atomic E-state index is 10.7. The molecule has 0 N–H and O–H groups in total. The molecule has 9 aromatic carbocycles. The SMILES string of the molecule is CN1C(=CC=CC2=[N+](C)c3ccc4ccccc4c3C2(C)Cc2ccccc2)C(C)(Cc2ccc(CC3(C)C(=CC=CC4=[N+](C)c5ccc6ccccc6c5C4(C)Cc4ccccc4)N(C)c4ccccc43)cc2)c2ccccc21.F[P-](F)(F)(F)(F)F.F[P-](F)(F)(F)(F)F. The van der Waals surface area contributed by atoms with E-state index in [0.717, 1.165) is 25.7 Å². The average molecular weight is 1330 g/mol. The van der Waals surface area contributed by atoms with Gasteiger partial charge in [-0.2, -0.15) is 9.15 Å². The van der Waals surface area contributed by atoms with Crippen LogP contribution in [0.25, 0.3) is 21.5 Å². The van der Waals surface area contributed by atoms with Crippen molar-refractivity contribution in [2.24, 2.45) is 0 Å². The van der Waals surface area contributed by atoms with Crippen LogP contribution in [0.3, 0.4) is 0 Å². The summed E-state index contributed by atoms with van der Waals surface area (Å²) in [6.07, 6.45) is 17.8. The quantitative estimate of drug-likeness (QED) is 0.0687. The monoisotopic (exact) mass is 1330 g/mol. The normalized spacial score (nSPS) is 23.2. The molecule has 9 aromatic rings. The van der Waals surface area contributed by atoms with Gasteiger partial charge >= 0.3 is 66.0 Å². The summed E-state index contributed by atoms with van der Waals surface area (Å²) in [4.78, 5) is 4.85. The third-order valence-electron chi connectivity index (χ3n) is 19.0. The summed E-state index contributed by atoms with van der Waals surface area (Å²) in [5, 5.41) is 5.23. The number of anilines is 2. The Labute approximate surface area is 540 Å². The summed E-state index contributed by atoms with van der Waals surface area (Å²) in [7, 11) is -12.3. The molecule has 0 spiro atoms. The van der Waals surface area contributed by atoms with Crippen molar-refractivity contribution >= 4 is 71.3 Å². The van der Waals surface area contributed by atoms with E-state index in [4.69, 9.17) is 0 Å². The second-order valence-corrected chi connectivity index (χ2v) is 29.8. The van der Waals surface area contributed by atoms with Gasteiger partial charge in [0.05, 0.1) is 10.8 Å². The molecule has 4 unspecified atom stereocenters. The van der Waals surface area contributed by atoms with Gasteiger partial charge in [0.2, 0.25) is 11.4 Å². The van der Waals surface area contributed by atoms with Crippen molar-refractivity contribution in [1.29, 1.82) is 0 Å². The predicted molar refractivity (Wildman–Crippen MR) is 364 cm³/mol. The Balaban J connectivity index is 0.000000581. The first-order valence-electron chi connectivity index (χ1n) is 30.7. The van der Waals surface area contributed by atoms with Gasteiger partial charge in [0, 0.05) is 83.1 Å². The molecular formula is C76H72F12N4P2. The third kappa shape index (κ3) is 14.2. The zero-order chi connectivity index (χ0) is 67.8. The zero-order valence-corrected chi connectivity index (χ0v) is 54.9. The van der Waals surface area contributed by atoms with Gasteiger partial charge in [-0.1, -0.05) is 182 Å². The third-order valence-corrected chi connectivity index (χ3v) is 19.0. The average Bonchev–Trinajstić information content (AvgIpc) is 1.58. The molecular weight excluding hydrogens is 1260 g/mol. The van der Waals surface area contributed by atoms with E-state index in [1.807, 2.05) is 0 Å². The van der Waals surface area contributed by atoms with E-state index in [9.17, 15) is 50.4 Å². The minimum absolute atomic E-state index is 0.239. The van der Waals surface area contributed by atoms with Crippen molar-refractivity contribution in [3.8, 4) is 0 Å². The minimum atomic E-state index is -10.7. The van der Waals surface area contributed by atoms with Crippen molar-refractivity contribution in [1.82, 2.24) is 0 Å². The fraction of sp³-hybridized carbons (Fsp3) is 0.211. The molecule has 0 saturated carbocycles. The van der Waals surface area contributed by atoms with E-state index in [0.29, 0.717) is 0 Å². The number of halogens is 12. The van der Waals surface area contributed by atoms with E-state index in [1.165, 1.54) is 112 Å². The van der Waals surface area contributed by atoms with Crippen molar-refractivity contribution in [2.45, 2.75) is 75.0 Å². The van der Waals surface area contributed by atoms with Crippen LogP contribution in [0.2, 0.25) is 0 Å². The van der Waals surface area contributed by atoms with E-state index >= 15 is 0 Å². The molecule has 94 heavy (non-hydrogen) atoms. The summed E-state index contributed by atoms with van der Waals surface area (Å²) >= 11 is 0. The van der Waals surface area contributed by atoms with Crippen LogP contribution in [0.5, 0.6) is 0 Å². The first kappa shape index (κ1) is 66.9. The van der Waals surface area contributed by atoms with Gasteiger partial charge in [-0.3, -0.25) is 0 Å². The second-order valence-electron chi connectivity index (χ2n) is 26.0. The number of nitrogens with zero attached hydrogens (tertiary/aromatic N) is 4. The molecule has 0 aromatic heterocycles. The Hall–Kier alpha value is -8.58. The standard InChI is InChI=1S/C76H72N4.2F6P/c1-73(61-33-19-21-35-63(61)77(5)67(73)37-23-39-69-75(3,51-53-25-11-9-12-26-53)71-59-31-17-15-29-57(59)45-47-65(71)79(69)7)49-55-41-43-56(44-42-55)50-74(2)62-34-20-22-36-64(62)78(6)68(74)38-24-40-70-76(4,52-54-27-13-10-14-28-54)72-60-32-18-16-30-58(60)46-48-66(72)80(70)8;2*1-7(2,3,4,5)6/h9-48H,49-52H2,1-8H3;;/q+2;2*-1. The fourth-order valence-electron chi connectivity index (χ4n) is 15.2. The van der Waals surface area contributed by atoms with Gasteiger partial charge in [0.1, 0.15) is 14.1 Å². The van der Waals surface area contributed by atoms with Gasteiger partial charge in [-0.05, 0) is 145 Å². The number of hydrogen-bond acceptors (Lipinski definition) is 2. The Morgan fingerprint density at radius 2 is 0.638 bits per heavy atom. The van der Waals surface area contributed by atoms with Crippen LogP contribution in [-0.4, -0.2) is 48.8 Å². The number of benzene rings is 9. The molecule has 0 radical (unpaired) electrons. The summed E-state index contributed by atoms with van der Waals surface area (Å²) in [5.41, 5.74) is 20.2. The number of hydrogen-bond donors (Lipinski definition) is 0. The Kier molecular flexibility index (Phi) is 16.0. The fourth-order valence-corrected chi connectivity index (χ4v) is 15.2. The molecule has 0 fully saturated rings. The summed E-state index contributed by atoms with van der Waals surface area (Å²) < 4.78 is 123. The van der Waals surface area contributed by atoms with E-state index < -0.39 is 15.6 Å². The van der Waals surface area contributed by atoms with Crippen molar-refractivity contribution in [2.75, 3.05) is 38.0 Å². The Morgan fingerprint density at radius 3 is 0.989 bits per heavy atom. The first-order chi connectivity index (χ1) is 43.7. The van der Waals surface area contributed by atoms with Gasteiger partial charge in [0.25, 0.3) is 0 Å². The summed E-state index contributed by atoms with van der Waals surface area (Å²) in [6.45, 7) is 9.79. The number of para-hydroxylation sites is 2. The Morgan fingerprint density at radius 1 is 0.351 bits per heavy atom. The van der Waals surface area contributed by atoms with Crippen LogP contribution >= 0.6 is 15.6 Å². The van der Waals surface area contributed by atoms with Crippen LogP contribution in [0, 0.1) is 0 Å². The summed E-state index contributed by atoms with van der Waals surface area (Å²) in [6, 6.07) is 76.6. The van der Waals surface area contributed by atoms with E-state index in [2.05, 4.69) is 318 Å². The number of likely N-dealkylation sites (N-methyl/N-ethyl adjacent to an activating group) is 2. The molecule has 0 saturated heterocycles. The molecule has 0 aliphatic carbocycles. The molecule has 13 rings (SSSR count). The van der Waals surface area contributed by atoms with Gasteiger partial charge in [-0.25, -0.2) is 0 Å². The van der Waals surface area contributed by atoms with Crippen molar-refractivity contribution in [3.05, 3.63) is 299 Å². The molecule has 0 bridgehead atoms.